The van der Waals surface area contributed by atoms with Crippen LogP contribution in [0.15, 0.2) is 42.7 Å². The van der Waals surface area contributed by atoms with Crippen molar-refractivity contribution in [1.82, 2.24) is 24.5 Å². The van der Waals surface area contributed by atoms with Gasteiger partial charge in [0, 0.05) is 31.4 Å². The van der Waals surface area contributed by atoms with Crippen molar-refractivity contribution in [2.24, 2.45) is 0 Å². The molecule has 2 aromatic carbocycles. The molecule has 0 radical (unpaired) electrons. The minimum absolute atomic E-state index is 0.0994. The van der Waals surface area contributed by atoms with Crippen LogP contribution in [0.25, 0.3) is 16.6 Å². The van der Waals surface area contributed by atoms with Gasteiger partial charge < -0.3 is 9.64 Å². The minimum atomic E-state index is 0.0994. The lowest BCUT2D eigenvalue weighted by Gasteiger charge is -2.18. The molecule has 154 valence electrons. The zero-order chi connectivity index (χ0) is 21.3. The van der Waals surface area contributed by atoms with Gasteiger partial charge in [0.1, 0.15) is 12.1 Å². The molecular formula is C23H25N5O2. The van der Waals surface area contributed by atoms with E-state index in [-0.39, 0.29) is 5.91 Å². The van der Waals surface area contributed by atoms with Crippen molar-refractivity contribution in [3.8, 4) is 5.75 Å². The Balaban J connectivity index is 1.43. The molecule has 4 rings (SSSR count). The average Bonchev–Trinajstić information content (AvgIpc) is 3.21. The Morgan fingerprint density at radius 2 is 1.90 bits per heavy atom. The molecule has 0 aliphatic carbocycles. The maximum absolute atomic E-state index is 12.8. The van der Waals surface area contributed by atoms with Crippen molar-refractivity contribution in [2.75, 3.05) is 14.2 Å². The van der Waals surface area contributed by atoms with E-state index in [9.17, 15) is 4.79 Å². The third-order valence-electron chi connectivity index (χ3n) is 5.53. The van der Waals surface area contributed by atoms with Crippen LogP contribution in [0.2, 0.25) is 0 Å². The van der Waals surface area contributed by atoms with Crippen LogP contribution in [0, 0.1) is 13.8 Å². The summed E-state index contributed by atoms with van der Waals surface area (Å²) in [6.07, 6.45) is 2.54. The highest BCUT2D eigenvalue weighted by Crippen LogP contribution is 2.22. The van der Waals surface area contributed by atoms with Gasteiger partial charge in [0.2, 0.25) is 5.91 Å². The molecule has 0 atom stereocenters. The molecule has 0 N–H and O–H groups in total. The van der Waals surface area contributed by atoms with E-state index in [0.29, 0.717) is 25.2 Å². The molecule has 0 spiro atoms. The van der Waals surface area contributed by atoms with Gasteiger partial charge in [-0.15, -0.1) is 0 Å². The Labute approximate surface area is 175 Å². The summed E-state index contributed by atoms with van der Waals surface area (Å²) in [5.41, 5.74) is 4.03. The molecular weight excluding hydrogens is 378 g/mol. The summed E-state index contributed by atoms with van der Waals surface area (Å²) in [6, 6.07) is 12.2. The van der Waals surface area contributed by atoms with E-state index in [1.54, 1.807) is 16.5 Å². The third kappa shape index (κ3) is 3.83. The molecule has 0 fully saturated rings. The Morgan fingerprint density at radius 1 is 1.13 bits per heavy atom. The lowest BCUT2D eigenvalue weighted by molar-refractivity contribution is -0.130. The summed E-state index contributed by atoms with van der Waals surface area (Å²) >= 11 is 0. The van der Waals surface area contributed by atoms with Crippen molar-refractivity contribution in [1.29, 1.82) is 0 Å². The summed E-state index contributed by atoms with van der Waals surface area (Å²) in [7, 11) is 3.51. The monoisotopic (exact) mass is 403 g/mol. The van der Waals surface area contributed by atoms with Gasteiger partial charge >= 0.3 is 0 Å². The molecule has 2 heterocycles. The number of carbonyl (C=O) groups is 1. The number of amides is 1. The molecule has 1 amide bonds. The molecule has 7 heteroatoms. The van der Waals surface area contributed by atoms with E-state index in [0.717, 1.165) is 39.0 Å². The SMILES string of the molecule is COc1ccc2cc(CN(C)C(=O)CCc3c(C)nc4ncnn4c3C)ccc2c1. The van der Waals surface area contributed by atoms with Crippen LogP contribution in [0.1, 0.15) is 28.9 Å². The highest BCUT2D eigenvalue weighted by molar-refractivity contribution is 5.84. The second-order valence-corrected chi connectivity index (χ2v) is 7.53. The predicted molar refractivity (Wildman–Crippen MR) is 116 cm³/mol. The number of nitrogens with zero attached hydrogens (tertiary/aromatic N) is 5. The van der Waals surface area contributed by atoms with Crippen molar-refractivity contribution >= 4 is 22.5 Å². The van der Waals surface area contributed by atoms with Gasteiger partial charge in [0.05, 0.1) is 7.11 Å². The van der Waals surface area contributed by atoms with Crippen LogP contribution < -0.4 is 4.74 Å². The highest BCUT2D eigenvalue weighted by Gasteiger charge is 2.15. The lowest BCUT2D eigenvalue weighted by Crippen LogP contribution is -2.26. The Kier molecular flexibility index (Phi) is 5.35. The van der Waals surface area contributed by atoms with Crippen molar-refractivity contribution in [3.05, 3.63) is 65.2 Å². The molecule has 7 nitrogen and oxygen atoms in total. The van der Waals surface area contributed by atoms with Gasteiger partial charge in [-0.05, 0) is 60.4 Å². The van der Waals surface area contributed by atoms with Gasteiger partial charge in [-0.25, -0.2) is 9.50 Å². The third-order valence-corrected chi connectivity index (χ3v) is 5.53. The molecule has 0 saturated heterocycles. The predicted octanol–water partition coefficient (Wildman–Crippen LogP) is 3.49. The van der Waals surface area contributed by atoms with Gasteiger partial charge in [0.25, 0.3) is 5.78 Å². The fourth-order valence-electron chi connectivity index (χ4n) is 3.80. The number of rotatable bonds is 6. The Bertz CT molecular complexity index is 1230. The lowest BCUT2D eigenvalue weighted by atomic mass is 10.0. The van der Waals surface area contributed by atoms with Crippen molar-refractivity contribution < 1.29 is 9.53 Å². The molecule has 30 heavy (non-hydrogen) atoms. The quantitative estimate of drug-likeness (QED) is 0.493. The van der Waals surface area contributed by atoms with Crippen LogP contribution in [-0.2, 0) is 17.8 Å². The summed E-state index contributed by atoms with van der Waals surface area (Å²) in [6.45, 7) is 4.51. The van der Waals surface area contributed by atoms with Gasteiger partial charge in [-0.2, -0.15) is 10.1 Å². The smallest absolute Gasteiger partial charge is 0.252 e. The first kappa shape index (κ1) is 19.8. The second kappa shape index (κ2) is 8.10. The molecule has 4 aromatic rings. The van der Waals surface area contributed by atoms with E-state index >= 15 is 0 Å². The first-order chi connectivity index (χ1) is 14.5. The van der Waals surface area contributed by atoms with E-state index in [1.165, 1.54) is 6.33 Å². The molecule has 0 bridgehead atoms. The number of aryl methyl sites for hydroxylation is 2. The number of fused-ring (bicyclic) bond motifs is 2. The zero-order valence-corrected chi connectivity index (χ0v) is 17.7. The zero-order valence-electron chi connectivity index (χ0n) is 17.7. The number of benzene rings is 2. The second-order valence-electron chi connectivity index (χ2n) is 7.53. The minimum Gasteiger partial charge on any atom is -0.497 e. The fraction of sp³-hybridized carbons (Fsp3) is 0.304. The van der Waals surface area contributed by atoms with E-state index in [2.05, 4.69) is 33.3 Å². The topological polar surface area (TPSA) is 72.6 Å². The van der Waals surface area contributed by atoms with E-state index in [1.807, 2.05) is 39.1 Å². The van der Waals surface area contributed by atoms with Crippen LogP contribution in [0.5, 0.6) is 5.75 Å². The first-order valence-corrected chi connectivity index (χ1v) is 9.92. The van der Waals surface area contributed by atoms with E-state index in [4.69, 9.17) is 4.74 Å². The Hall–Kier alpha value is -3.48. The fourth-order valence-corrected chi connectivity index (χ4v) is 3.80. The highest BCUT2D eigenvalue weighted by atomic mass is 16.5. The summed E-state index contributed by atoms with van der Waals surface area (Å²) in [5.74, 6) is 1.53. The van der Waals surface area contributed by atoms with Gasteiger partial charge in [0.15, 0.2) is 0 Å². The number of hydrogen-bond acceptors (Lipinski definition) is 5. The maximum Gasteiger partial charge on any atom is 0.252 e. The Morgan fingerprint density at radius 3 is 2.70 bits per heavy atom. The standard InChI is InChI=1S/C23H25N5O2/c1-15-21(16(2)28-23(26-15)24-14-25-28)9-10-22(29)27(3)13-17-5-6-19-12-20(30-4)8-7-18(19)11-17/h5-8,11-12,14H,9-10,13H2,1-4H3. The maximum atomic E-state index is 12.8. The van der Waals surface area contributed by atoms with Crippen LogP contribution in [0.4, 0.5) is 0 Å². The van der Waals surface area contributed by atoms with Crippen molar-refractivity contribution in [2.45, 2.75) is 33.2 Å². The normalized spacial score (nSPS) is 11.2. The molecule has 2 aromatic heterocycles. The van der Waals surface area contributed by atoms with E-state index < -0.39 is 0 Å². The van der Waals surface area contributed by atoms with Crippen molar-refractivity contribution in [3.63, 3.8) is 0 Å². The van der Waals surface area contributed by atoms with Gasteiger partial charge in [-0.3, -0.25) is 4.79 Å². The largest absolute Gasteiger partial charge is 0.497 e. The number of aromatic nitrogens is 4. The molecule has 0 saturated carbocycles. The number of ether oxygens (including phenoxy) is 1. The number of hydrogen-bond donors (Lipinski definition) is 0. The molecule has 0 unspecified atom stereocenters. The average molecular weight is 403 g/mol. The van der Waals surface area contributed by atoms with Crippen LogP contribution in [0.3, 0.4) is 0 Å². The summed E-state index contributed by atoms with van der Waals surface area (Å²) in [5, 5.41) is 6.47. The molecule has 0 aliphatic heterocycles. The summed E-state index contributed by atoms with van der Waals surface area (Å²) < 4.78 is 7.00. The molecule has 0 aliphatic rings. The first-order valence-electron chi connectivity index (χ1n) is 9.92. The number of methoxy groups -OCH3 is 1. The van der Waals surface area contributed by atoms with Gasteiger partial charge in [-0.1, -0.05) is 18.2 Å². The number of carbonyl (C=O) groups excluding carboxylic acids is 1. The summed E-state index contributed by atoms with van der Waals surface area (Å²) in [4.78, 5) is 23.2. The van der Waals surface area contributed by atoms with Crippen LogP contribution >= 0.6 is 0 Å². The van der Waals surface area contributed by atoms with Crippen LogP contribution in [-0.4, -0.2) is 44.5 Å².